The number of nitrogens with one attached hydrogen (secondary N) is 2. The molecule has 132 valence electrons. The second-order valence-electron chi connectivity index (χ2n) is 6.31. The third-order valence-corrected chi connectivity index (χ3v) is 4.09. The van der Waals surface area contributed by atoms with Crippen LogP contribution in [0.1, 0.15) is 24.5 Å². The molecule has 0 saturated carbocycles. The highest BCUT2D eigenvalue weighted by molar-refractivity contribution is 5.80. The second kappa shape index (κ2) is 8.68. The molecule has 1 atom stereocenters. The van der Waals surface area contributed by atoms with E-state index in [4.69, 9.17) is 4.74 Å². The number of benzene rings is 1. The van der Waals surface area contributed by atoms with Gasteiger partial charge in [-0.05, 0) is 31.9 Å². The Bertz CT molecular complexity index is 569. The molecule has 1 aliphatic rings. The van der Waals surface area contributed by atoms with E-state index in [-0.39, 0.29) is 17.9 Å². The summed E-state index contributed by atoms with van der Waals surface area (Å²) in [4.78, 5) is 25.4. The molecule has 24 heavy (non-hydrogen) atoms. The van der Waals surface area contributed by atoms with Crippen molar-refractivity contribution >= 4 is 11.8 Å². The van der Waals surface area contributed by atoms with Crippen LogP contribution in [0.4, 0.5) is 0 Å². The molecule has 0 aliphatic carbocycles. The first-order chi connectivity index (χ1) is 11.5. The average Bonchev–Trinajstić information content (AvgIpc) is 2.53. The Balaban J connectivity index is 1.72. The molecule has 1 saturated heterocycles. The molecule has 1 aromatic rings. The molecule has 1 fully saturated rings. The van der Waals surface area contributed by atoms with E-state index in [1.165, 1.54) is 0 Å². The average molecular weight is 333 g/mol. The van der Waals surface area contributed by atoms with E-state index < -0.39 is 0 Å². The molecule has 1 aromatic carbocycles. The van der Waals surface area contributed by atoms with E-state index >= 15 is 0 Å². The lowest BCUT2D eigenvalue weighted by molar-refractivity contribution is -0.132. The number of amides is 2. The Morgan fingerprint density at radius 1 is 1.38 bits per heavy atom. The van der Waals surface area contributed by atoms with Crippen molar-refractivity contribution in [3.05, 3.63) is 29.3 Å². The number of ether oxygens (including phenoxy) is 1. The predicted molar refractivity (Wildman–Crippen MR) is 93.1 cm³/mol. The first kappa shape index (κ1) is 18.3. The highest BCUT2D eigenvalue weighted by atomic mass is 16.5. The van der Waals surface area contributed by atoms with Gasteiger partial charge in [0.1, 0.15) is 12.4 Å². The zero-order valence-electron chi connectivity index (χ0n) is 14.7. The van der Waals surface area contributed by atoms with Crippen LogP contribution >= 0.6 is 0 Å². The fourth-order valence-electron chi connectivity index (χ4n) is 2.74. The van der Waals surface area contributed by atoms with E-state index in [1.54, 1.807) is 4.90 Å². The number of rotatable bonds is 7. The van der Waals surface area contributed by atoms with Gasteiger partial charge in [0, 0.05) is 26.1 Å². The van der Waals surface area contributed by atoms with Crippen LogP contribution in [0.3, 0.4) is 0 Å². The Hall–Kier alpha value is -2.08. The van der Waals surface area contributed by atoms with E-state index in [2.05, 4.69) is 10.6 Å². The zero-order valence-corrected chi connectivity index (χ0v) is 14.7. The molecule has 6 heteroatoms. The molecular formula is C18H27N3O3. The standard InChI is InChI=1S/C18H27N3O3/c1-13-5-4-6-14(2)18(13)24-12-15(3)20-16(22)7-9-21-10-8-19-11-17(21)23/h4-6,15,19H,7-12H2,1-3H3,(H,20,22). The summed E-state index contributed by atoms with van der Waals surface area (Å²) in [5.74, 6) is 0.879. The van der Waals surface area contributed by atoms with E-state index in [0.717, 1.165) is 23.4 Å². The molecule has 2 amide bonds. The van der Waals surface area contributed by atoms with Crippen LogP contribution in [0, 0.1) is 13.8 Å². The number of hydrogen-bond acceptors (Lipinski definition) is 4. The molecule has 0 bridgehead atoms. The molecule has 1 aliphatic heterocycles. The lowest BCUT2D eigenvalue weighted by atomic mass is 10.1. The van der Waals surface area contributed by atoms with Gasteiger partial charge in [0.05, 0.1) is 12.6 Å². The van der Waals surface area contributed by atoms with Gasteiger partial charge in [0.15, 0.2) is 0 Å². The summed E-state index contributed by atoms with van der Waals surface area (Å²) in [5, 5.41) is 5.94. The third-order valence-electron chi connectivity index (χ3n) is 4.09. The highest BCUT2D eigenvalue weighted by Gasteiger charge is 2.18. The maximum Gasteiger partial charge on any atom is 0.236 e. The minimum absolute atomic E-state index is 0.0560. The second-order valence-corrected chi connectivity index (χ2v) is 6.31. The smallest absolute Gasteiger partial charge is 0.236 e. The normalized spacial score (nSPS) is 16.0. The Labute approximate surface area is 143 Å². The molecule has 6 nitrogen and oxygen atoms in total. The number of carbonyl (C=O) groups is 2. The minimum atomic E-state index is -0.0877. The number of nitrogens with zero attached hydrogens (tertiary/aromatic N) is 1. The van der Waals surface area contributed by atoms with Crippen LogP contribution in [-0.4, -0.2) is 55.5 Å². The molecular weight excluding hydrogens is 306 g/mol. The third kappa shape index (κ3) is 5.23. The van der Waals surface area contributed by atoms with Gasteiger partial charge in [0.25, 0.3) is 0 Å². The summed E-state index contributed by atoms with van der Waals surface area (Å²) in [6.45, 7) is 8.64. The van der Waals surface area contributed by atoms with Crippen LogP contribution in [-0.2, 0) is 9.59 Å². The summed E-state index contributed by atoms with van der Waals surface area (Å²) < 4.78 is 5.85. The predicted octanol–water partition coefficient (Wildman–Crippen LogP) is 1.01. The minimum Gasteiger partial charge on any atom is -0.491 e. The van der Waals surface area contributed by atoms with Gasteiger partial charge in [-0.25, -0.2) is 0 Å². The van der Waals surface area contributed by atoms with Gasteiger partial charge in [-0.1, -0.05) is 18.2 Å². The Morgan fingerprint density at radius 3 is 2.75 bits per heavy atom. The van der Waals surface area contributed by atoms with Crippen molar-refractivity contribution in [1.82, 2.24) is 15.5 Å². The van der Waals surface area contributed by atoms with Gasteiger partial charge in [-0.2, -0.15) is 0 Å². The SMILES string of the molecule is Cc1cccc(C)c1OCC(C)NC(=O)CCN1CCNCC1=O. The molecule has 0 aromatic heterocycles. The summed E-state index contributed by atoms with van der Waals surface area (Å²) in [5.41, 5.74) is 2.18. The number of carbonyl (C=O) groups excluding carboxylic acids is 2. The van der Waals surface area contributed by atoms with Crippen molar-refractivity contribution in [1.29, 1.82) is 0 Å². The summed E-state index contributed by atoms with van der Waals surface area (Å²) in [6, 6.07) is 5.93. The van der Waals surface area contributed by atoms with Crippen LogP contribution in [0.25, 0.3) is 0 Å². The highest BCUT2D eigenvalue weighted by Crippen LogP contribution is 2.22. The summed E-state index contributed by atoms with van der Waals surface area (Å²) in [7, 11) is 0. The number of piperazine rings is 1. The quantitative estimate of drug-likeness (QED) is 0.781. The monoisotopic (exact) mass is 333 g/mol. The number of para-hydroxylation sites is 1. The summed E-state index contributed by atoms with van der Waals surface area (Å²) in [6.07, 6.45) is 0.319. The molecule has 2 N–H and O–H groups in total. The maximum atomic E-state index is 12.0. The molecule has 0 spiro atoms. The number of hydrogen-bond donors (Lipinski definition) is 2. The van der Waals surface area contributed by atoms with Crippen LogP contribution in [0.15, 0.2) is 18.2 Å². The molecule has 1 unspecified atom stereocenters. The molecule has 0 radical (unpaired) electrons. The van der Waals surface area contributed by atoms with Crippen molar-refractivity contribution in [3.63, 3.8) is 0 Å². The fraction of sp³-hybridized carbons (Fsp3) is 0.556. The van der Waals surface area contributed by atoms with Crippen molar-refractivity contribution in [2.24, 2.45) is 0 Å². The van der Waals surface area contributed by atoms with Crippen molar-refractivity contribution in [3.8, 4) is 5.75 Å². The topological polar surface area (TPSA) is 70.7 Å². The van der Waals surface area contributed by atoms with E-state index in [9.17, 15) is 9.59 Å². The molecule has 1 heterocycles. The van der Waals surface area contributed by atoms with Crippen LogP contribution in [0.5, 0.6) is 5.75 Å². The first-order valence-corrected chi connectivity index (χ1v) is 8.44. The lowest BCUT2D eigenvalue weighted by Crippen LogP contribution is -2.49. The zero-order chi connectivity index (χ0) is 17.5. The summed E-state index contributed by atoms with van der Waals surface area (Å²) >= 11 is 0. The van der Waals surface area contributed by atoms with Crippen LogP contribution < -0.4 is 15.4 Å². The Kier molecular flexibility index (Phi) is 6.61. The van der Waals surface area contributed by atoms with Gasteiger partial charge >= 0.3 is 0 Å². The van der Waals surface area contributed by atoms with Crippen molar-refractivity contribution in [2.75, 3.05) is 32.8 Å². The lowest BCUT2D eigenvalue weighted by Gasteiger charge is -2.27. The maximum absolute atomic E-state index is 12.0. The van der Waals surface area contributed by atoms with Gasteiger partial charge in [-0.3, -0.25) is 9.59 Å². The fourth-order valence-corrected chi connectivity index (χ4v) is 2.74. The number of aryl methyl sites for hydroxylation is 2. The first-order valence-electron chi connectivity index (χ1n) is 8.44. The van der Waals surface area contributed by atoms with Crippen molar-refractivity contribution in [2.45, 2.75) is 33.2 Å². The van der Waals surface area contributed by atoms with Crippen LogP contribution in [0.2, 0.25) is 0 Å². The van der Waals surface area contributed by atoms with Gasteiger partial charge in [0.2, 0.25) is 11.8 Å². The van der Waals surface area contributed by atoms with E-state index in [1.807, 2.05) is 39.0 Å². The van der Waals surface area contributed by atoms with E-state index in [0.29, 0.717) is 32.7 Å². The van der Waals surface area contributed by atoms with Crippen molar-refractivity contribution < 1.29 is 14.3 Å². The van der Waals surface area contributed by atoms with Gasteiger partial charge in [-0.15, -0.1) is 0 Å². The Morgan fingerprint density at radius 2 is 2.08 bits per heavy atom. The largest absolute Gasteiger partial charge is 0.491 e. The molecule has 2 rings (SSSR count). The van der Waals surface area contributed by atoms with Gasteiger partial charge < -0.3 is 20.3 Å².